The topological polar surface area (TPSA) is 20.2 Å². The van der Waals surface area contributed by atoms with Crippen LogP contribution in [0.1, 0.15) is 110 Å². The van der Waals surface area contributed by atoms with Crippen LogP contribution in [-0.4, -0.2) is 23.2 Å². The molecule has 0 bridgehead atoms. The standard InChI is InChI=1S/C20H42OS2/c1-2-3-4-5-6-7-8-9-10-11-12-13-14-16-19-22-23-20-17-15-18-21/h21H,2-20H2,1H3. The molecule has 0 aromatic carbocycles. The van der Waals surface area contributed by atoms with Crippen LogP contribution in [0, 0.1) is 0 Å². The molecule has 0 aliphatic heterocycles. The van der Waals surface area contributed by atoms with Gasteiger partial charge in [0, 0.05) is 18.1 Å². The molecule has 0 aromatic rings. The first-order valence-electron chi connectivity index (χ1n) is 10.3. The second-order valence-electron chi connectivity index (χ2n) is 6.67. The van der Waals surface area contributed by atoms with Gasteiger partial charge in [0.15, 0.2) is 0 Å². The van der Waals surface area contributed by atoms with Crippen LogP contribution < -0.4 is 0 Å². The Labute approximate surface area is 154 Å². The second-order valence-corrected chi connectivity index (χ2v) is 9.37. The zero-order valence-electron chi connectivity index (χ0n) is 15.7. The van der Waals surface area contributed by atoms with E-state index in [9.17, 15) is 0 Å². The molecule has 140 valence electrons. The van der Waals surface area contributed by atoms with Gasteiger partial charge in [0.1, 0.15) is 0 Å². The first-order valence-corrected chi connectivity index (χ1v) is 12.8. The Morgan fingerprint density at radius 1 is 0.478 bits per heavy atom. The minimum absolute atomic E-state index is 0.351. The summed E-state index contributed by atoms with van der Waals surface area (Å²) in [5, 5.41) is 8.69. The molecule has 1 N–H and O–H groups in total. The summed E-state index contributed by atoms with van der Waals surface area (Å²) in [6.45, 7) is 2.64. The van der Waals surface area contributed by atoms with Gasteiger partial charge < -0.3 is 5.11 Å². The molecule has 0 radical (unpaired) electrons. The minimum atomic E-state index is 0.351. The van der Waals surface area contributed by atoms with Crippen LogP contribution in [0.3, 0.4) is 0 Å². The Hall–Kier alpha value is 0.660. The molecule has 1 nitrogen and oxygen atoms in total. The Balaban J connectivity index is 2.92. The predicted molar refractivity (Wildman–Crippen MR) is 112 cm³/mol. The first-order chi connectivity index (χ1) is 11.4. The van der Waals surface area contributed by atoms with E-state index in [1.54, 1.807) is 0 Å². The highest BCUT2D eigenvalue weighted by molar-refractivity contribution is 8.76. The molecular weight excluding hydrogens is 320 g/mol. The molecule has 0 saturated heterocycles. The molecule has 0 atom stereocenters. The van der Waals surface area contributed by atoms with Gasteiger partial charge in [-0.05, 0) is 19.3 Å². The van der Waals surface area contributed by atoms with E-state index in [2.05, 4.69) is 6.92 Å². The predicted octanol–water partition coefficient (Wildman–Crippen LogP) is 7.62. The molecule has 0 rings (SSSR count). The smallest absolute Gasteiger partial charge is 0.0431 e. The van der Waals surface area contributed by atoms with Crippen LogP contribution in [0.4, 0.5) is 0 Å². The van der Waals surface area contributed by atoms with E-state index in [0.29, 0.717) is 6.61 Å². The maximum atomic E-state index is 8.69. The maximum absolute atomic E-state index is 8.69. The summed E-state index contributed by atoms with van der Waals surface area (Å²) in [7, 11) is 4.01. The van der Waals surface area contributed by atoms with Gasteiger partial charge in [0.05, 0.1) is 0 Å². The SMILES string of the molecule is CCCCCCCCCCCCCCCCSSCCCCO. The van der Waals surface area contributed by atoms with Crippen LogP contribution in [0.25, 0.3) is 0 Å². The number of rotatable bonds is 20. The van der Waals surface area contributed by atoms with Crippen molar-refractivity contribution in [3.05, 3.63) is 0 Å². The number of hydrogen-bond donors (Lipinski definition) is 1. The second kappa shape index (κ2) is 22.7. The molecule has 0 heterocycles. The van der Waals surface area contributed by atoms with Gasteiger partial charge in [-0.2, -0.15) is 0 Å². The van der Waals surface area contributed by atoms with Gasteiger partial charge in [-0.25, -0.2) is 0 Å². The van der Waals surface area contributed by atoms with Crippen LogP contribution in [0.2, 0.25) is 0 Å². The van der Waals surface area contributed by atoms with Crippen molar-refractivity contribution in [2.45, 2.75) is 110 Å². The van der Waals surface area contributed by atoms with Crippen LogP contribution in [0.15, 0.2) is 0 Å². The molecule has 23 heavy (non-hydrogen) atoms. The number of aliphatic hydroxyl groups is 1. The zero-order chi connectivity index (χ0) is 16.8. The fraction of sp³-hybridized carbons (Fsp3) is 1.00. The quantitative estimate of drug-likeness (QED) is 0.178. The Morgan fingerprint density at radius 3 is 1.22 bits per heavy atom. The van der Waals surface area contributed by atoms with Crippen molar-refractivity contribution in [3.8, 4) is 0 Å². The lowest BCUT2D eigenvalue weighted by atomic mass is 10.0. The van der Waals surface area contributed by atoms with Crippen molar-refractivity contribution in [1.29, 1.82) is 0 Å². The zero-order valence-corrected chi connectivity index (χ0v) is 17.3. The summed E-state index contributed by atoms with van der Waals surface area (Å²) in [6, 6.07) is 0. The van der Waals surface area contributed by atoms with Gasteiger partial charge in [-0.1, -0.05) is 112 Å². The fourth-order valence-electron chi connectivity index (χ4n) is 2.75. The molecule has 0 spiro atoms. The van der Waals surface area contributed by atoms with Crippen molar-refractivity contribution in [2.24, 2.45) is 0 Å². The molecule has 0 aromatic heterocycles. The average Bonchev–Trinajstić information content (AvgIpc) is 2.57. The van der Waals surface area contributed by atoms with E-state index in [0.717, 1.165) is 12.8 Å². The molecular formula is C20H42OS2. The molecule has 0 unspecified atom stereocenters. The Bertz CT molecular complexity index is 180. The average molecular weight is 363 g/mol. The molecule has 0 aliphatic carbocycles. The van der Waals surface area contributed by atoms with Crippen molar-refractivity contribution in [1.82, 2.24) is 0 Å². The summed E-state index contributed by atoms with van der Waals surface area (Å²) in [5.41, 5.74) is 0. The van der Waals surface area contributed by atoms with Crippen LogP contribution in [-0.2, 0) is 0 Å². The third kappa shape index (κ3) is 22.7. The Kier molecular flexibility index (Phi) is 23.3. The lowest BCUT2D eigenvalue weighted by Crippen LogP contribution is -1.85. The van der Waals surface area contributed by atoms with Gasteiger partial charge in [0.25, 0.3) is 0 Å². The lowest BCUT2D eigenvalue weighted by Gasteiger charge is -2.03. The normalized spacial score (nSPS) is 11.2. The van der Waals surface area contributed by atoms with E-state index >= 15 is 0 Å². The van der Waals surface area contributed by atoms with Gasteiger partial charge in [-0.15, -0.1) is 0 Å². The summed E-state index contributed by atoms with van der Waals surface area (Å²) >= 11 is 0. The number of unbranched alkanes of at least 4 members (excludes halogenated alkanes) is 14. The third-order valence-corrected chi connectivity index (χ3v) is 6.88. The van der Waals surface area contributed by atoms with Crippen LogP contribution in [0.5, 0.6) is 0 Å². The fourth-order valence-corrected chi connectivity index (χ4v) is 5.04. The van der Waals surface area contributed by atoms with E-state index in [1.807, 2.05) is 21.6 Å². The van der Waals surface area contributed by atoms with Gasteiger partial charge >= 0.3 is 0 Å². The third-order valence-electron chi connectivity index (χ3n) is 4.30. The highest BCUT2D eigenvalue weighted by Gasteiger charge is 1.95. The van der Waals surface area contributed by atoms with E-state index in [4.69, 9.17) is 5.11 Å². The van der Waals surface area contributed by atoms with Crippen molar-refractivity contribution < 1.29 is 5.11 Å². The summed E-state index contributed by atoms with van der Waals surface area (Å²) in [6.07, 6.45) is 22.3. The maximum Gasteiger partial charge on any atom is 0.0431 e. The lowest BCUT2D eigenvalue weighted by molar-refractivity contribution is 0.287. The molecule has 0 amide bonds. The highest BCUT2D eigenvalue weighted by atomic mass is 33.1. The monoisotopic (exact) mass is 362 g/mol. The highest BCUT2D eigenvalue weighted by Crippen LogP contribution is 2.24. The molecule has 0 saturated carbocycles. The Morgan fingerprint density at radius 2 is 0.826 bits per heavy atom. The summed E-state index contributed by atoms with van der Waals surface area (Å²) < 4.78 is 0. The van der Waals surface area contributed by atoms with Gasteiger partial charge in [0.2, 0.25) is 0 Å². The molecule has 0 aliphatic rings. The van der Waals surface area contributed by atoms with E-state index in [-0.39, 0.29) is 0 Å². The van der Waals surface area contributed by atoms with Crippen LogP contribution >= 0.6 is 21.6 Å². The van der Waals surface area contributed by atoms with E-state index < -0.39 is 0 Å². The first kappa shape index (κ1) is 23.7. The van der Waals surface area contributed by atoms with Crippen molar-refractivity contribution >= 4 is 21.6 Å². The summed E-state index contributed by atoms with van der Waals surface area (Å²) in [4.78, 5) is 0. The molecule has 3 heteroatoms. The van der Waals surface area contributed by atoms with Gasteiger partial charge in [-0.3, -0.25) is 0 Å². The minimum Gasteiger partial charge on any atom is -0.396 e. The number of aliphatic hydroxyl groups excluding tert-OH is 1. The van der Waals surface area contributed by atoms with Crippen molar-refractivity contribution in [3.63, 3.8) is 0 Å². The summed E-state index contributed by atoms with van der Waals surface area (Å²) in [5.74, 6) is 2.51. The van der Waals surface area contributed by atoms with E-state index in [1.165, 1.54) is 101 Å². The molecule has 0 fully saturated rings. The largest absolute Gasteiger partial charge is 0.396 e. The number of hydrogen-bond acceptors (Lipinski definition) is 3. The van der Waals surface area contributed by atoms with Crippen molar-refractivity contribution in [2.75, 3.05) is 18.1 Å².